The lowest BCUT2D eigenvalue weighted by Gasteiger charge is -2.24. The van der Waals surface area contributed by atoms with Gasteiger partial charge in [0.2, 0.25) is 0 Å². The molecule has 3 heterocycles. The van der Waals surface area contributed by atoms with Crippen LogP contribution in [0, 0.1) is 0 Å². The zero-order valence-electron chi connectivity index (χ0n) is 38.1. The number of fused-ring (bicyclic) bond motifs is 6. The van der Waals surface area contributed by atoms with Gasteiger partial charge < -0.3 is 14.2 Å². The normalized spacial score (nSPS) is 15.1. The maximum absolute atomic E-state index is 8.90. The summed E-state index contributed by atoms with van der Waals surface area (Å²) in [6.07, 6.45) is -0.686. The summed E-state index contributed by atoms with van der Waals surface area (Å²) in [6.45, 7) is 0. The van der Waals surface area contributed by atoms with Crippen molar-refractivity contribution in [1.82, 2.24) is 5.32 Å². The van der Waals surface area contributed by atoms with Crippen LogP contribution in [0.5, 0.6) is 0 Å². The zero-order chi connectivity index (χ0) is 45.3. The second kappa shape index (κ2) is 14.8. The summed E-state index contributed by atoms with van der Waals surface area (Å²) in [5.74, 6) is 0.466. The van der Waals surface area contributed by atoms with Crippen LogP contribution >= 0.6 is 0 Å². The molecule has 5 heteroatoms. The Morgan fingerprint density at radius 3 is 1.50 bits per heavy atom. The molecule has 12 rings (SSSR count). The molecule has 9 aromatic carbocycles. The largest absolute Gasteiger partial charge is 0.455 e. The van der Waals surface area contributed by atoms with Gasteiger partial charge in [0.05, 0.1) is 6.85 Å². The molecule has 2 aromatic heterocycles. The molecule has 292 valence electrons. The number of hydrogen-bond acceptors (Lipinski definition) is 5. The predicted octanol–water partition coefficient (Wildman–Crippen LogP) is 14.6. The number of aliphatic imine (C=N–C) groups is 2. The van der Waals surface area contributed by atoms with Crippen molar-refractivity contribution in [3.8, 4) is 44.5 Å². The minimum absolute atomic E-state index is 0.0318. The Morgan fingerprint density at radius 2 is 0.903 bits per heavy atom. The van der Waals surface area contributed by atoms with Crippen LogP contribution in [0.2, 0.25) is 0 Å². The fraction of sp³-hybridized carbons (Fsp3) is 0.0175. The van der Waals surface area contributed by atoms with Crippen LogP contribution in [-0.2, 0) is 0 Å². The second-order valence-electron chi connectivity index (χ2n) is 15.4. The average Bonchev–Trinajstić information content (AvgIpc) is 3.97. The maximum Gasteiger partial charge on any atom is 0.159 e. The minimum atomic E-state index is -0.686. The lowest BCUT2D eigenvalue weighted by molar-refractivity contribution is 0.669. The van der Waals surface area contributed by atoms with E-state index in [9.17, 15) is 0 Å². The molecule has 0 saturated carbocycles. The Hall–Kier alpha value is -8.28. The highest BCUT2D eigenvalue weighted by Crippen LogP contribution is 2.40. The average molecular weight is 801 g/mol. The highest BCUT2D eigenvalue weighted by molar-refractivity contribution is 6.14. The summed E-state index contributed by atoms with van der Waals surface area (Å²) >= 11 is 0. The van der Waals surface area contributed by atoms with E-state index >= 15 is 0 Å². The SMILES string of the molecule is [2H]c1c([2H])c([2H])c(C2=NC(c3cc(-c4cccc(-c5cccc6c5oc5ccccc56)c4)cc(-c4cccc(-c5cccc6c5oc5ccccc56)c4)c3)=NC(c3ccccc3)N2)c([2H])c1[2H]. The van der Waals surface area contributed by atoms with E-state index in [1.807, 2.05) is 66.7 Å². The van der Waals surface area contributed by atoms with Crippen LogP contribution in [0.4, 0.5) is 0 Å². The highest BCUT2D eigenvalue weighted by atomic mass is 16.3. The van der Waals surface area contributed by atoms with E-state index in [4.69, 9.17) is 25.7 Å². The standard InChI is InChI=1S/C57H37N3O2/c1-3-15-36(16-4-1)55-58-56(37-17-5-2-6-18-37)60-57(59-55)44-34-42(38-19-11-21-40(31-38)45-25-13-27-49-47-23-7-9-29-51(47)61-53(45)49)33-43(35-44)39-20-12-22-41(32-39)46-26-14-28-50-48-24-8-10-30-52(48)62-54(46)50/h1-35,55H,(H,58,59,60)/i2D,5D,6D,17D,18D. The number of rotatable bonds is 7. The van der Waals surface area contributed by atoms with Gasteiger partial charge in [0.25, 0.3) is 0 Å². The van der Waals surface area contributed by atoms with Gasteiger partial charge >= 0.3 is 0 Å². The number of nitrogens with one attached hydrogen (secondary N) is 1. The first-order valence-corrected chi connectivity index (χ1v) is 20.5. The summed E-state index contributed by atoms with van der Waals surface area (Å²) < 4.78 is 56.1. The third-order valence-electron chi connectivity index (χ3n) is 11.6. The summed E-state index contributed by atoms with van der Waals surface area (Å²) in [4.78, 5) is 10.2. The predicted molar refractivity (Wildman–Crippen MR) is 255 cm³/mol. The van der Waals surface area contributed by atoms with E-state index in [0.29, 0.717) is 11.4 Å². The van der Waals surface area contributed by atoms with E-state index in [2.05, 4.69) is 121 Å². The minimum Gasteiger partial charge on any atom is -0.455 e. The smallest absolute Gasteiger partial charge is 0.159 e. The molecule has 0 aliphatic carbocycles. The summed E-state index contributed by atoms with van der Waals surface area (Å²) in [5.41, 5.74) is 12.4. The number of hydrogen-bond donors (Lipinski definition) is 1. The third kappa shape index (κ3) is 6.27. The number of para-hydroxylation sites is 4. The van der Waals surface area contributed by atoms with Gasteiger partial charge in [0, 0.05) is 43.8 Å². The van der Waals surface area contributed by atoms with Crippen molar-refractivity contribution >= 4 is 55.5 Å². The highest BCUT2D eigenvalue weighted by Gasteiger charge is 2.22. The quantitative estimate of drug-likeness (QED) is 0.175. The van der Waals surface area contributed by atoms with Crippen molar-refractivity contribution in [1.29, 1.82) is 0 Å². The molecular formula is C57H37N3O2. The van der Waals surface area contributed by atoms with E-state index in [1.165, 1.54) is 0 Å². The van der Waals surface area contributed by atoms with Crippen LogP contribution in [0.25, 0.3) is 88.4 Å². The van der Waals surface area contributed by atoms with Crippen molar-refractivity contribution in [2.24, 2.45) is 9.98 Å². The van der Waals surface area contributed by atoms with Gasteiger partial charge in [-0.15, -0.1) is 0 Å². The van der Waals surface area contributed by atoms with E-state index < -0.39 is 24.3 Å². The molecule has 1 atom stereocenters. The van der Waals surface area contributed by atoms with Gasteiger partial charge in [0.1, 0.15) is 34.3 Å². The Bertz CT molecular complexity index is 3670. The molecule has 5 nitrogen and oxygen atoms in total. The van der Waals surface area contributed by atoms with Gasteiger partial charge in [-0.1, -0.05) is 170 Å². The monoisotopic (exact) mass is 800 g/mol. The molecule has 0 radical (unpaired) electrons. The lowest BCUT2D eigenvalue weighted by Crippen LogP contribution is -2.33. The summed E-state index contributed by atoms with van der Waals surface area (Å²) in [5, 5.41) is 7.53. The summed E-state index contributed by atoms with van der Waals surface area (Å²) in [7, 11) is 0. The molecule has 0 amide bonds. The first-order chi connectivity index (χ1) is 32.8. The second-order valence-corrected chi connectivity index (χ2v) is 15.4. The Morgan fingerprint density at radius 1 is 0.419 bits per heavy atom. The van der Waals surface area contributed by atoms with Crippen molar-refractivity contribution < 1.29 is 15.7 Å². The molecule has 1 unspecified atom stereocenters. The molecule has 11 aromatic rings. The number of nitrogens with zero attached hydrogens (tertiary/aromatic N) is 2. The molecule has 0 bridgehead atoms. The van der Waals surface area contributed by atoms with Crippen molar-refractivity contribution in [2.75, 3.05) is 0 Å². The molecule has 62 heavy (non-hydrogen) atoms. The van der Waals surface area contributed by atoms with Crippen LogP contribution in [-0.4, -0.2) is 11.7 Å². The van der Waals surface area contributed by atoms with Gasteiger partial charge in [-0.3, -0.25) is 0 Å². The Kier molecular flexibility index (Phi) is 7.32. The van der Waals surface area contributed by atoms with Crippen LogP contribution in [0.3, 0.4) is 0 Å². The van der Waals surface area contributed by atoms with Crippen molar-refractivity contribution in [3.63, 3.8) is 0 Å². The molecular weight excluding hydrogens is 759 g/mol. The Balaban J connectivity index is 1.06. The van der Waals surface area contributed by atoms with Crippen molar-refractivity contribution in [2.45, 2.75) is 6.17 Å². The van der Waals surface area contributed by atoms with Gasteiger partial charge in [0.15, 0.2) is 5.84 Å². The maximum atomic E-state index is 8.90. The summed E-state index contributed by atoms with van der Waals surface area (Å²) in [6, 6.07) is 59.3. The number of amidine groups is 2. The first kappa shape index (κ1) is 30.7. The molecule has 0 spiro atoms. The van der Waals surface area contributed by atoms with Gasteiger partial charge in [-0.2, -0.15) is 0 Å². The molecule has 0 saturated heterocycles. The van der Waals surface area contributed by atoms with Crippen LogP contribution in [0.15, 0.2) is 231 Å². The molecule has 1 N–H and O–H groups in total. The number of furan rings is 2. The first-order valence-electron chi connectivity index (χ1n) is 23.0. The fourth-order valence-electron chi connectivity index (χ4n) is 8.65. The van der Waals surface area contributed by atoms with Gasteiger partial charge in [-0.25, -0.2) is 9.98 Å². The zero-order valence-corrected chi connectivity index (χ0v) is 33.1. The lowest BCUT2D eigenvalue weighted by atomic mass is 9.92. The number of benzene rings is 9. The van der Waals surface area contributed by atoms with Gasteiger partial charge in [-0.05, 0) is 81.4 Å². The van der Waals surface area contributed by atoms with Crippen LogP contribution < -0.4 is 5.32 Å². The van der Waals surface area contributed by atoms with Crippen molar-refractivity contribution in [3.05, 3.63) is 229 Å². The van der Waals surface area contributed by atoms with E-state index in [1.54, 1.807) is 0 Å². The Labute approximate surface area is 365 Å². The fourth-order valence-corrected chi connectivity index (χ4v) is 8.65. The van der Waals surface area contributed by atoms with E-state index in [0.717, 1.165) is 93.9 Å². The molecule has 0 fully saturated rings. The molecule has 1 aliphatic heterocycles. The third-order valence-corrected chi connectivity index (χ3v) is 11.6. The van der Waals surface area contributed by atoms with Crippen LogP contribution in [0.1, 0.15) is 29.7 Å². The molecule has 1 aliphatic rings. The topological polar surface area (TPSA) is 63.0 Å². The van der Waals surface area contributed by atoms with E-state index in [-0.39, 0.29) is 23.5 Å².